The van der Waals surface area contributed by atoms with Crippen molar-refractivity contribution in [1.82, 2.24) is 0 Å². The number of unbranched alkanes of at least 4 members (excludes halogenated alkanes) is 1. The monoisotopic (exact) mass is 432 g/mol. The maximum Gasteiger partial charge on any atom is 0.333 e. The predicted octanol–water partition coefficient (Wildman–Crippen LogP) is 4.52. The zero-order valence-corrected chi connectivity index (χ0v) is 19.3. The van der Waals surface area contributed by atoms with Gasteiger partial charge >= 0.3 is 11.9 Å². The molecule has 0 aromatic heterocycles. The second kappa shape index (κ2) is 10.4. The minimum absolute atomic E-state index is 0.195. The number of carboxylic acid groups (broad SMARTS) is 1. The van der Waals surface area contributed by atoms with Crippen LogP contribution in [0.15, 0.2) is 23.3 Å². The van der Waals surface area contributed by atoms with Gasteiger partial charge in [0.2, 0.25) is 0 Å². The summed E-state index contributed by atoms with van der Waals surface area (Å²) in [5.74, 6) is -3.01. The van der Waals surface area contributed by atoms with Gasteiger partial charge in [-0.3, -0.25) is 9.59 Å². The largest absolute Gasteiger partial charge is 0.481 e. The number of rotatable bonds is 9. The Labute approximate surface area is 185 Å². The van der Waals surface area contributed by atoms with E-state index in [2.05, 4.69) is 13.8 Å². The van der Waals surface area contributed by atoms with Crippen molar-refractivity contribution in [2.24, 2.45) is 29.1 Å². The van der Waals surface area contributed by atoms with E-state index in [0.717, 1.165) is 25.5 Å². The molecule has 0 spiro atoms. The lowest BCUT2D eigenvalue weighted by Gasteiger charge is -2.48. The van der Waals surface area contributed by atoms with Crippen LogP contribution in [0, 0.1) is 29.1 Å². The summed E-state index contributed by atoms with van der Waals surface area (Å²) in [6, 6.07) is 0. The van der Waals surface area contributed by atoms with Crippen LogP contribution in [-0.2, 0) is 23.9 Å². The Morgan fingerprint density at radius 2 is 2.00 bits per heavy atom. The molecule has 31 heavy (non-hydrogen) atoms. The van der Waals surface area contributed by atoms with E-state index in [1.54, 1.807) is 13.8 Å². The first kappa shape index (κ1) is 25.0. The molecule has 172 valence electrons. The van der Waals surface area contributed by atoms with Crippen LogP contribution >= 0.6 is 0 Å². The Morgan fingerprint density at radius 1 is 1.32 bits per heavy atom. The summed E-state index contributed by atoms with van der Waals surface area (Å²) in [5, 5.41) is 9.82. The standard InChI is InChI=1S/C25H36O6/c1-6-7-8-15(2)11-16(3)24(30)31-22-10-9-19(23(28)29)25(5)13-18(17(4)14-26)21(27)12-20(22)25/h11-12,14-15,17-19,22H,6-10,13H2,1-5H3,(H,28,29)/b16-11+/t15?,17-,18+,19-,22-,25-/m1/s1. The number of allylic oxidation sites excluding steroid dienone is 2. The molecule has 0 aliphatic heterocycles. The van der Waals surface area contributed by atoms with Crippen molar-refractivity contribution in [3.05, 3.63) is 23.3 Å². The second-order valence-corrected chi connectivity index (χ2v) is 9.56. The fraction of sp³-hybridized carbons (Fsp3) is 0.680. The minimum atomic E-state index is -0.925. The maximum atomic E-state index is 12.7. The first-order chi connectivity index (χ1) is 14.5. The number of carbonyl (C=O) groups excluding carboxylic acids is 3. The first-order valence-electron chi connectivity index (χ1n) is 11.4. The van der Waals surface area contributed by atoms with Crippen LogP contribution in [0.4, 0.5) is 0 Å². The molecule has 6 nitrogen and oxygen atoms in total. The van der Waals surface area contributed by atoms with E-state index in [0.29, 0.717) is 24.0 Å². The molecule has 0 radical (unpaired) electrons. The highest BCUT2D eigenvalue weighted by atomic mass is 16.5. The Hall–Kier alpha value is -2.24. The summed E-state index contributed by atoms with van der Waals surface area (Å²) in [6.45, 7) is 9.43. The van der Waals surface area contributed by atoms with Gasteiger partial charge < -0.3 is 14.6 Å². The van der Waals surface area contributed by atoms with Crippen molar-refractivity contribution in [1.29, 1.82) is 0 Å². The van der Waals surface area contributed by atoms with Crippen LogP contribution in [0.25, 0.3) is 0 Å². The highest BCUT2D eigenvalue weighted by molar-refractivity contribution is 5.96. The highest BCUT2D eigenvalue weighted by Crippen LogP contribution is 2.53. The van der Waals surface area contributed by atoms with Crippen molar-refractivity contribution in [3.8, 4) is 0 Å². The summed E-state index contributed by atoms with van der Waals surface area (Å²) in [6.07, 6.45) is 7.66. The molecule has 0 heterocycles. The van der Waals surface area contributed by atoms with Crippen molar-refractivity contribution < 1.29 is 29.0 Å². The number of ether oxygens (including phenoxy) is 1. The molecule has 2 aliphatic rings. The van der Waals surface area contributed by atoms with Gasteiger partial charge in [-0.25, -0.2) is 4.79 Å². The molecule has 2 rings (SSSR count). The Kier molecular flexibility index (Phi) is 8.38. The third kappa shape index (κ3) is 5.52. The second-order valence-electron chi connectivity index (χ2n) is 9.56. The number of carbonyl (C=O) groups is 4. The molecule has 1 unspecified atom stereocenters. The molecule has 1 fully saturated rings. The lowest BCUT2D eigenvalue weighted by molar-refractivity contribution is -0.153. The third-order valence-electron chi connectivity index (χ3n) is 7.07. The topological polar surface area (TPSA) is 97.7 Å². The van der Waals surface area contributed by atoms with Crippen LogP contribution in [0.1, 0.15) is 73.1 Å². The van der Waals surface area contributed by atoms with Gasteiger partial charge in [-0.2, -0.15) is 0 Å². The normalized spacial score (nSPS) is 30.6. The SMILES string of the molecule is CCCCC(C)/C=C(\C)C(=O)O[C@@H]1CC[C@H](C(=O)O)[C@@]2(C)C[C@@H]([C@H](C)C=O)C(=O)C=C12. The van der Waals surface area contributed by atoms with Gasteiger partial charge in [0.25, 0.3) is 0 Å². The van der Waals surface area contributed by atoms with E-state index in [1.165, 1.54) is 6.08 Å². The molecular weight excluding hydrogens is 396 g/mol. The predicted molar refractivity (Wildman–Crippen MR) is 117 cm³/mol. The molecule has 0 saturated heterocycles. The highest BCUT2D eigenvalue weighted by Gasteiger charge is 2.53. The molecule has 0 aromatic carbocycles. The van der Waals surface area contributed by atoms with Crippen LogP contribution in [-0.4, -0.2) is 35.2 Å². The first-order valence-corrected chi connectivity index (χ1v) is 11.4. The fourth-order valence-electron chi connectivity index (χ4n) is 5.08. The van der Waals surface area contributed by atoms with Gasteiger partial charge in [0, 0.05) is 22.8 Å². The number of ketones is 1. The van der Waals surface area contributed by atoms with E-state index < -0.39 is 41.2 Å². The number of fused-ring (bicyclic) bond motifs is 1. The molecule has 2 aliphatic carbocycles. The Bertz CT molecular complexity index is 779. The van der Waals surface area contributed by atoms with Gasteiger partial charge in [-0.05, 0) is 50.2 Å². The molecule has 1 saturated carbocycles. The number of hydrogen-bond donors (Lipinski definition) is 1. The number of aldehydes is 1. The maximum absolute atomic E-state index is 12.7. The van der Waals surface area contributed by atoms with E-state index >= 15 is 0 Å². The van der Waals surface area contributed by atoms with Crippen LogP contribution in [0.2, 0.25) is 0 Å². The summed E-state index contributed by atoms with van der Waals surface area (Å²) < 4.78 is 5.80. The van der Waals surface area contributed by atoms with Gasteiger partial charge in [0.15, 0.2) is 5.78 Å². The molecule has 1 N–H and O–H groups in total. The van der Waals surface area contributed by atoms with Crippen LogP contribution in [0.3, 0.4) is 0 Å². The average Bonchev–Trinajstić information content (AvgIpc) is 2.71. The average molecular weight is 433 g/mol. The summed E-state index contributed by atoms with van der Waals surface area (Å²) in [5.41, 5.74) is 0.267. The van der Waals surface area contributed by atoms with Crippen molar-refractivity contribution in [2.75, 3.05) is 0 Å². The number of hydrogen-bond acceptors (Lipinski definition) is 5. The summed E-state index contributed by atoms with van der Waals surface area (Å²) >= 11 is 0. The van der Waals surface area contributed by atoms with Crippen LogP contribution < -0.4 is 0 Å². The lowest BCUT2D eigenvalue weighted by Crippen LogP contribution is -2.49. The fourth-order valence-corrected chi connectivity index (χ4v) is 5.08. The quantitative estimate of drug-likeness (QED) is 0.327. The number of aliphatic carboxylic acids is 1. The lowest BCUT2D eigenvalue weighted by atomic mass is 9.56. The molecular formula is C25H36O6. The molecule has 6 heteroatoms. The molecule has 0 bridgehead atoms. The molecule has 6 atom stereocenters. The van der Waals surface area contributed by atoms with Crippen molar-refractivity contribution in [2.45, 2.75) is 79.2 Å². The van der Waals surface area contributed by atoms with E-state index in [9.17, 15) is 24.3 Å². The van der Waals surface area contributed by atoms with E-state index in [1.807, 2.05) is 13.0 Å². The Balaban J connectivity index is 2.29. The van der Waals surface area contributed by atoms with Crippen molar-refractivity contribution in [3.63, 3.8) is 0 Å². The number of carboxylic acids is 1. The van der Waals surface area contributed by atoms with Gasteiger partial charge in [0.1, 0.15) is 12.4 Å². The van der Waals surface area contributed by atoms with Gasteiger partial charge in [-0.15, -0.1) is 0 Å². The van der Waals surface area contributed by atoms with Crippen LogP contribution in [0.5, 0.6) is 0 Å². The smallest absolute Gasteiger partial charge is 0.333 e. The van der Waals surface area contributed by atoms with Gasteiger partial charge in [-0.1, -0.05) is 46.6 Å². The van der Waals surface area contributed by atoms with Gasteiger partial charge in [0.05, 0.1) is 5.92 Å². The third-order valence-corrected chi connectivity index (χ3v) is 7.07. The van der Waals surface area contributed by atoms with E-state index in [4.69, 9.17) is 4.74 Å². The zero-order chi connectivity index (χ0) is 23.3. The number of esters is 1. The zero-order valence-electron chi connectivity index (χ0n) is 19.3. The minimum Gasteiger partial charge on any atom is -0.481 e. The Morgan fingerprint density at radius 3 is 2.58 bits per heavy atom. The van der Waals surface area contributed by atoms with E-state index in [-0.39, 0.29) is 18.1 Å². The summed E-state index contributed by atoms with van der Waals surface area (Å²) in [7, 11) is 0. The molecule has 0 aromatic rings. The summed E-state index contributed by atoms with van der Waals surface area (Å²) in [4.78, 5) is 48.8. The molecule has 0 amide bonds. The van der Waals surface area contributed by atoms with Crippen molar-refractivity contribution >= 4 is 24.0 Å².